The van der Waals surface area contributed by atoms with Crippen LogP contribution in [0.1, 0.15) is 17.4 Å². The summed E-state index contributed by atoms with van der Waals surface area (Å²) in [6, 6.07) is 18.4. The summed E-state index contributed by atoms with van der Waals surface area (Å²) in [5.41, 5.74) is 2.12. The average molecular weight is 364 g/mol. The SMILES string of the molecule is Cl.Clc1ccc(C(c2cc3ccccc3o2)N2CCOCC2)cc1. The number of hydrogen-bond acceptors (Lipinski definition) is 3. The number of furan rings is 1. The van der Waals surface area contributed by atoms with E-state index < -0.39 is 0 Å². The van der Waals surface area contributed by atoms with E-state index in [0.29, 0.717) is 0 Å². The molecule has 0 amide bonds. The second-order valence-electron chi connectivity index (χ2n) is 5.79. The summed E-state index contributed by atoms with van der Waals surface area (Å²) in [5, 5.41) is 1.88. The molecule has 0 radical (unpaired) electrons. The molecule has 1 saturated heterocycles. The molecule has 1 atom stereocenters. The monoisotopic (exact) mass is 363 g/mol. The summed E-state index contributed by atoms with van der Waals surface area (Å²) >= 11 is 6.06. The molecule has 1 aromatic heterocycles. The highest BCUT2D eigenvalue weighted by Gasteiger charge is 2.27. The zero-order valence-electron chi connectivity index (χ0n) is 13.2. The Morgan fingerprint density at radius 2 is 1.67 bits per heavy atom. The second-order valence-corrected chi connectivity index (χ2v) is 6.23. The van der Waals surface area contributed by atoms with Crippen molar-refractivity contribution in [2.24, 2.45) is 0 Å². The zero-order chi connectivity index (χ0) is 15.6. The van der Waals surface area contributed by atoms with Gasteiger partial charge in [-0.15, -0.1) is 12.4 Å². The van der Waals surface area contributed by atoms with Gasteiger partial charge in [0.05, 0.1) is 19.3 Å². The molecule has 1 aliphatic rings. The lowest BCUT2D eigenvalue weighted by Gasteiger charge is -2.33. The number of para-hydroxylation sites is 1. The van der Waals surface area contributed by atoms with E-state index in [9.17, 15) is 0 Å². The highest BCUT2D eigenvalue weighted by molar-refractivity contribution is 6.30. The van der Waals surface area contributed by atoms with E-state index in [1.165, 1.54) is 5.56 Å². The molecule has 1 aliphatic heterocycles. The van der Waals surface area contributed by atoms with Gasteiger partial charge in [0.1, 0.15) is 11.3 Å². The van der Waals surface area contributed by atoms with E-state index in [2.05, 4.69) is 29.2 Å². The number of nitrogens with zero attached hydrogens (tertiary/aromatic N) is 1. The van der Waals surface area contributed by atoms with Crippen LogP contribution in [0.3, 0.4) is 0 Å². The van der Waals surface area contributed by atoms with Gasteiger partial charge in [0, 0.05) is 23.5 Å². The third-order valence-corrected chi connectivity index (χ3v) is 4.56. The van der Waals surface area contributed by atoms with Gasteiger partial charge in [-0.2, -0.15) is 0 Å². The lowest BCUT2D eigenvalue weighted by Crippen LogP contribution is -2.39. The molecule has 2 heterocycles. The molecule has 3 nitrogen and oxygen atoms in total. The number of ether oxygens (including phenoxy) is 1. The van der Waals surface area contributed by atoms with Crippen LogP contribution in [0.25, 0.3) is 11.0 Å². The maximum atomic E-state index is 6.15. The summed E-state index contributed by atoms with van der Waals surface area (Å²) in [5.74, 6) is 0.968. The zero-order valence-corrected chi connectivity index (χ0v) is 14.7. The van der Waals surface area contributed by atoms with E-state index in [4.69, 9.17) is 20.8 Å². The van der Waals surface area contributed by atoms with Gasteiger partial charge in [-0.25, -0.2) is 0 Å². The van der Waals surface area contributed by atoms with Crippen molar-refractivity contribution in [3.05, 3.63) is 70.9 Å². The summed E-state index contributed by atoms with van der Waals surface area (Å²) in [6.07, 6.45) is 0. The smallest absolute Gasteiger partial charge is 0.134 e. The largest absolute Gasteiger partial charge is 0.459 e. The normalized spacial score (nSPS) is 16.7. The van der Waals surface area contributed by atoms with Crippen molar-refractivity contribution in [2.45, 2.75) is 6.04 Å². The van der Waals surface area contributed by atoms with Crippen LogP contribution in [0.5, 0.6) is 0 Å². The third kappa shape index (κ3) is 3.45. The van der Waals surface area contributed by atoms with Crippen LogP contribution in [0.15, 0.2) is 59.0 Å². The number of halogens is 2. The van der Waals surface area contributed by atoms with Gasteiger partial charge in [0.15, 0.2) is 0 Å². The molecule has 5 heteroatoms. The van der Waals surface area contributed by atoms with Gasteiger partial charge in [0.25, 0.3) is 0 Å². The summed E-state index contributed by atoms with van der Waals surface area (Å²) < 4.78 is 11.7. The summed E-state index contributed by atoms with van der Waals surface area (Å²) in [7, 11) is 0. The van der Waals surface area contributed by atoms with Crippen LogP contribution in [-0.4, -0.2) is 31.2 Å². The second kappa shape index (κ2) is 7.58. The number of fused-ring (bicyclic) bond motifs is 1. The Bertz CT molecular complexity index is 761. The minimum Gasteiger partial charge on any atom is -0.459 e. The van der Waals surface area contributed by atoms with Crippen molar-refractivity contribution < 1.29 is 9.15 Å². The van der Waals surface area contributed by atoms with E-state index in [1.54, 1.807) is 0 Å². The van der Waals surface area contributed by atoms with Crippen LogP contribution >= 0.6 is 24.0 Å². The lowest BCUT2D eigenvalue weighted by molar-refractivity contribution is 0.0205. The van der Waals surface area contributed by atoms with Crippen molar-refractivity contribution in [1.29, 1.82) is 0 Å². The highest BCUT2D eigenvalue weighted by atomic mass is 35.5. The molecular formula is C19H19Cl2NO2. The number of rotatable bonds is 3. The van der Waals surface area contributed by atoms with Crippen LogP contribution in [0.2, 0.25) is 5.02 Å². The molecule has 3 aromatic rings. The van der Waals surface area contributed by atoms with Crippen LogP contribution in [0.4, 0.5) is 0 Å². The molecule has 0 spiro atoms. The van der Waals surface area contributed by atoms with Crippen molar-refractivity contribution in [2.75, 3.05) is 26.3 Å². The Morgan fingerprint density at radius 1 is 0.958 bits per heavy atom. The first-order valence-electron chi connectivity index (χ1n) is 7.87. The topological polar surface area (TPSA) is 25.6 Å². The first-order chi connectivity index (χ1) is 11.3. The fourth-order valence-corrected chi connectivity index (χ4v) is 3.30. The van der Waals surface area contributed by atoms with Crippen LogP contribution in [0, 0.1) is 0 Å². The highest BCUT2D eigenvalue weighted by Crippen LogP contribution is 2.33. The fraction of sp³-hybridized carbons (Fsp3) is 0.263. The molecule has 0 saturated carbocycles. The van der Waals surface area contributed by atoms with Gasteiger partial charge in [0.2, 0.25) is 0 Å². The maximum absolute atomic E-state index is 6.15. The predicted octanol–water partition coefficient (Wildman–Crippen LogP) is 4.93. The van der Waals surface area contributed by atoms with Crippen molar-refractivity contribution in [3.63, 3.8) is 0 Å². The van der Waals surface area contributed by atoms with Crippen molar-refractivity contribution >= 4 is 35.0 Å². The quantitative estimate of drug-likeness (QED) is 0.659. The van der Waals surface area contributed by atoms with Gasteiger partial charge in [-0.3, -0.25) is 4.90 Å². The van der Waals surface area contributed by atoms with E-state index in [0.717, 1.165) is 48.1 Å². The van der Waals surface area contributed by atoms with Crippen molar-refractivity contribution in [1.82, 2.24) is 4.90 Å². The number of morpholine rings is 1. The van der Waals surface area contributed by atoms with Crippen LogP contribution in [-0.2, 0) is 4.74 Å². The first-order valence-corrected chi connectivity index (χ1v) is 8.25. The Morgan fingerprint density at radius 3 is 2.38 bits per heavy atom. The van der Waals surface area contributed by atoms with E-state index >= 15 is 0 Å². The van der Waals surface area contributed by atoms with E-state index in [-0.39, 0.29) is 18.4 Å². The molecule has 0 N–H and O–H groups in total. The summed E-state index contributed by atoms with van der Waals surface area (Å²) in [6.45, 7) is 3.29. The fourth-order valence-electron chi connectivity index (χ4n) is 3.17. The molecule has 1 fully saturated rings. The molecular weight excluding hydrogens is 345 g/mol. The molecule has 1 unspecified atom stereocenters. The lowest BCUT2D eigenvalue weighted by atomic mass is 10.0. The van der Waals surface area contributed by atoms with Gasteiger partial charge in [-0.05, 0) is 29.8 Å². The molecule has 126 valence electrons. The van der Waals surface area contributed by atoms with Crippen LogP contribution < -0.4 is 0 Å². The molecule has 2 aromatic carbocycles. The van der Waals surface area contributed by atoms with Gasteiger partial charge >= 0.3 is 0 Å². The standard InChI is InChI=1S/C19H18ClNO2.ClH/c20-16-7-5-14(6-8-16)19(21-9-11-22-12-10-21)18-13-15-3-1-2-4-17(15)23-18;/h1-8,13,19H,9-12H2;1H. The Labute approximate surface area is 152 Å². The predicted molar refractivity (Wildman–Crippen MR) is 99.1 cm³/mol. The van der Waals surface area contributed by atoms with Gasteiger partial charge in [-0.1, -0.05) is 41.9 Å². The minimum atomic E-state index is 0. The third-order valence-electron chi connectivity index (χ3n) is 4.31. The molecule has 0 bridgehead atoms. The number of benzene rings is 2. The Kier molecular flexibility index (Phi) is 5.47. The minimum absolute atomic E-state index is 0. The Hall–Kier alpha value is -1.52. The Balaban J connectivity index is 0.00000169. The van der Waals surface area contributed by atoms with Crippen molar-refractivity contribution in [3.8, 4) is 0 Å². The first kappa shape index (κ1) is 17.3. The van der Waals surface area contributed by atoms with E-state index in [1.807, 2.05) is 30.3 Å². The summed E-state index contributed by atoms with van der Waals surface area (Å²) in [4.78, 5) is 2.41. The molecule has 24 heavy (non-hydrogen) atoms. The number of hydrogen-bond donors (Lipinski definition) is 0. The average Bonchev–Trinajstić information content (AvgIpc) is 3.01. The molecule has 0 aliphatic carbocycles. The molecule has 4 rings (SSSR count). The maximum Gasteiger partial charge on any atom is 0.134 e. The van der Waals surface area contributed by atoms with Gasteiger partial charge < -0.3 is 9.15 Å².